The SMILES string of the molecule is CC(CO)C(O)C(O)c1cnc(C(O)C(O)C(C)CO)cn1. The minimum atomic E-state index is -1.32. The van der Waals surface area contributed by atoms with E-state index in [9.17, 15) is 20.4 Å². The molecule has 8 nitrogen and oxygen atoms in total. The van der Waals surface area contributed by atoms with Gasteiger partial charge in [-0.25, -0.2) is 0 Å². The summed E-state index contributed by atoms with van der Waals surface area (Å²) in [6, 6.07) is 0. The van der Waals surface area contributed by atoms with E-state index >= 15 is 0 Å². The molecule has 0 amide bonds. The molecule has 0 fully saturated rings. The van der Waals surface area contributed by atoms with Crippen molar-refractivity contribution in [1.29, 1.82) is 0 Å². The Balaban J connectivity index is 2.82. The highest BCUT2D eigenvalue weighted by Crippen LogP contribution is 2.23. The molecule has 1 rings (SSSR count). The maximum absolute atomic E-state index is 9.95. The summed E-state index contributed by atoms with van der Waals surface area (Å²) in [4.78, 5) is 7.83. The van der Waals surface area contributed by atoms with E-state index in [0.717, 1.165) is 0 Å². The normalized spacial score (nSPS) is 20.0. The Morgan fingerprint density at radius 3 is 1.32 bits per heavy atom. The lowest BCUT2D eigenvalue weighted by atomic mass is 9.98. The number of rotatable bonds is 8. The van der Waals surface area contributed by atoms with Crippen LogP contribution in [-0.4, -0.2) is 66.0 Å². The highest BCUT2D eigenvalue weighted by molar-refractivity contribution is 5.09. The van der Waals surface area contributed by atoms with E-state index in [1.54, 1.807) is 13.8 Å². The number of hydrogen-bond acceptors (Lipinski definition) is 8. The first-order chi connectivity index (χ1) is 10.3. The molecule has 8 heteroatoms. The van der Waals surface area contributed by atoms with Gasteiger partial charge in [0.25, 0.3) is 0 Å². The first-order valence-corrected chi connectivity index (χ1v) is 7.09. The Hall–Kier alpha value is -1.16. The van der Waals surface area contributed by atoms with Crippen molar-refractivity contribution in [2.75, 3.05) is 13.2 Å². The second-order valence-corrected chi connectivity index (χ2v) is 5.56. The van der Waals surface area contributed by atoms with E-state index in [2.05, 4.69) is 9.97 Å². The van der Waals surface area contributed by atoms with Gasteiger partial charge in [0.2, 0.25) is 0 Å². The van der Waals surface area contributed by atoms with Gasteiger partial charge >= 0.3 is 0 Å². The number of hydrogen-bond donors (Lipinski definition) is 6. The van der Waals surface area contributed by atoms with Gasteiger partial charge < -0.3 is 30.6 Å². The quantitative estimate of drug-likeness (QED) is 0.340. The first-order valence-electron chi connectivity index (χ1n) is 7.09. The van der Waals surface area contributed by atoms with Gasteiger partial charge in [-0.1, -0.05) is 13.8 Å². The number of nitrogens with zero attached hydrogens (tertiary/aromatic N) is 2. The molecule has 126 valence electrons. The Morgan fingerprint density at radius 1 is 0.773 bits per heavy atom. The van der Waals surface area contributed by atoms with E-state index in [1.165, 1.54) is 12.4 Å². The average molecular weight is 316 g/mol. The molecule has 1 heterocycles. The van der Waals surface area contributed by atoms with Gasteiger partial charge in [0.05, 0.1) is 36.0 Å². The first kappa shape index (κ1) is 18.9. The molecule has 0 saturated heterocycles. The van der Waals surface area contributed by atoms with Crippen LogP contribution in [0.3, 0.4) is 0 Å². The van der Waals surface area contributed by atoms with E-state index in [0.29, 0.717) is 0 Å². The van der Waals surface area contributed by atoms with Gasteiger partial charge in [-0.2, -0.15) is 0 Å². The summed E-state index contributed by atoms with van der Waals surface area (Å²) in [5, 5.41) is 57.5. The van der Waals surface area contributed by atoms with Crippen LogP contribution >= 0.6 is 0 Å². The van der Waals surface area contributed by atoms with E-state index in [-0.39, 0.29) is 24.6 Å². The van der Waals surface area contributed by atoms with Crippen LogP contribution in [0.25, 0.3) is 0 Å². The zero-order valence-corrected chi connectivity index (χ0v) is 12.6. The fourth-order valence-corrected chi connectivity index (χ4v) is 1.84. The van der Waals surface area contributed by atoms with Crippen LogP contribution in [0.15, 0.2) is 12.4 Å². The molecule has 1 aromatic rings. The molecule has 0 aromatic carbocycles. The van der Waals surface area contributed by atoms with E-state index < -0.39 is 36.3 Å². The van der Waals surface area contributed by atoms with E-state index in [1.807, 2.05) is 0 Å². The Morgan fingerprint density at radius 2 is 1.09 bits per heavy atom. The average Bonchev–Trinajstić information content (AvgIpc) is 2.57. The summed E-state index contributed by atoms with van der Waals surface area (Å²) in [6.45, 7) is 2.58. The molecule has 22 heavy (non-hydrogen) atoms. The van der Waals surface area contributed by atoms with Crippen LogP contribution in [0.1, 0.15) is 37.4 Å². The largest absolute Gasteiger partial charge is 0.396 e. The third-order valence-electron chi connectivity index (χ3n) is 3.69. The van der Waals surface area contributed by atoms with Crippen molar-refractivity contribution in [3.05, 3.63) is 23.8 Å². The zero-order valence-electron chi connectivity index (χ0n) is 12.6. The molecule has 0 saturated carbocycles. The van der Waals surface area contributed by atoms with Gasteiger partial charge in [0, 0.05) is 25.0 Å². The van der Waals surface area contributed by atoms with E-state index in [4.69, 9.17) is 10.2 Å². The maximum Gasteiger partial charge on any atom is 0.124 e. The summed E-state index contributed by atoms with van der Waals surface area (Å²) in [7, 11) is 0. The Kier molecular flexibility index (Phi) is 7.27. The van der Waals surface area contributed by atoms with Gasteiger partial charge in [-0.15, -0.1) is 0 Å². The van der Waals surface area contributed by atoms with Crippen LogP contribution in [0.5, 0.6) is 0 Å². The lowest BCUT2D eigenvalue weighted by Gasteiger charge is -2.23. The molecule has 0 radical (unpaired) electrons. The van der Waals surface area contributed by atoms with Crippen LogP contribution in [0.4, 0.5) is 0 Å². The molecule has 0 aliphatic heterocycles. The van der Waals surface area contributed by atoms with Crippen molar-refractivity contribution in [1.82, 2.24) is 9.97 Å². The molecule has 6 N–H and O–H groups in total. The fourth-order valence-electron chi connectivity index (χ4n) is 1.84. The topological polar surface area (TPSA) is 147 Å². The second-order valence-electron chi connectivity index (χ2n) is 5.56. The van der Waals surface area contributed by atoms with Crippen LogP contribution in [-0.2, 0) is 0 Å². The fraction of sp³-hybridized carbons (Fsp3) is 0.714. The number of aliphatic hydroxyl groups excluding tert-OH is 6. The van der Waals surface area contributed by atoms with Crippen molar-refractivity contribution in [2.45, 2.75) is 38.3 Å². The second kappa shape index (κ2) is 8.47. The highest BCUT2D eigenvalue weighted by atomic mass is 16.3. The molecule has 1 aromatic heterocycles. The Bertz CT molecular complexity index is 402. The summed E-state index contributed by atoms with van der Waals surface area (Å²) in [5.74, 6) is -1.07. The minimum absolute atomic E-state index is 0.0912. The smallest absolute Gasteiger partial charge is 0.124 e. The van der Waals surface area contributed by atoms with Crippen molar-refractivity contribution in [3.8, 4) is 0 Å². The van der Waals surface area contributed by atoms with Gasteiger partial charge in [0.15, 0.2) is 0 Å². The Labute approximate surface area is 128 Å². The minimum Gasteiger partial charge on any atom is -0.396 e. The van der Waals surface area contributed by atoms with Crippen molar-refractivity contribution in [3.63, 3.8) is 0 Å². The number of aliphatic hydroxyl groups is 6. The zero-order chi connectivity index (χ0) is 16.9. The number of aromatic nitrogens is 2. The lowest BCUT2D eigenvalue weighted by molar-refractivity contribution is -0.0329. The summed E-state index contributed by atoms with van der Waals surface area (Å²) in [6.07, 6.45) is -2.66. The van der Waals surface area contributed by atoms with Crippen molar-refractivity contribution in [2.24, 2.45) is 11.8 Å². The predicted molar refractivity (Wildman–Crippen MR) is 76.5 cm³/mol. The standard InChI is InChI=1S/C14H24N2O6/c1-7(5-17)11(19)13(21)9-3-16-10(4-15-9)14(22)12(20)8(2)6-18/h3-4,7-8,11-14,17-22H,5-6H2,1-2H3. The van der Waals surface area contributed by atoms with Gasteiger partial charge in [-0.05, 0) is 0 Å². The molecule has 0 aliphatic rings. The molecule has 6 atom stereocenters. The maximum atomic E-state index is 9.95. The lowest BCUT2D eigenvalue weighted by Crippen LogP contribution is -2.30. The monoisotopic (exact) mass is 316 g/mol. The van der Waals surface area contributed by atoms with Crippen molar-refractivity contribution < 1.29 is 30.6 Å². The molecule has 0 aliphatic carbocycles. The molecular formula is C14H24N2O6. The van der Waals surface area contributed by atoms with Gasteiger partial charge in [-0.3, -0.25) is 9.97 Å². The molecular weight excluding hydrogens is 292 g/mol. The molecule has 0 bridgehead atoms. The summed E-state index contributed by atoms with van der Waals surface area (Å²) < 4.78 is 0. The van der Waals surface area contributed by atoms with Gasteiger partial charge in [0.1, 0.15) is 12.2 Å². The van der Waals surface area contributed by atoms with Crippen LogP contribution in [0.2, 0.25) is 0 Å². The van der Waals surface area contributed by atoms with Crippen LogP contribution in [0, 0.1) is 11.8 Å². The molecule has 6 unspecified atom stereocenters. The van der Waals surface area contributed by atoms with Crippen LogP contribution < -0.4 is 0 Å². The third kappa shape index (κ3) is 4.42. The summed E-state index contributed by atoms with van der Waals surface area (Å²) >= 11 is 0. The third-order valence-corrected chi connectivity index (χ3v) is 3.69. The van der Waals surface area contributed by atoms with Crippen molar-refractivity contribution >= 4 is 0 Å². The molecule has 0 spiro atoms. The predicted octanol–water partition coefficient (Wildman–Crippen LogP) is -1.48. The highest BCUT2D eigenvalue weighted by Gasteiger charge is 2.27. The summed E-state index contributed by atoms with van der Waals surface area (Å²) in [5.41, 5.74) is 0.182.